The first-order valence-corrected chi connectivity index (χ1v) is 5.26. The van der Waals surface area contributed by atoms with Gasteiger partial charge in [-0.2, -0.15) is 0 Å². The van der Waals surface area contributed by atoms with Crippen molar-refractivity contribution in [2.75, 3.05) is 0 Å². The molecule has 1 atom stereocenters. The Labute approximate surface area is 84.5 Å². The molecule has 1 fully saturated rings. The molecule has 1 aliphatic rings. The van der Waals surface area contributed by atoms with Crippen LogP contribution in [0.25, 0.3) is 0 Å². The molecule has 0 aliphatic heterocycles. The molecule has 0 amide bonds. The van der Waals surface area contributed by atoms with Gasteiger partial charge in [-0.15, -0.1) is 0 Å². The number of carboxylic acids is 1. The van der Waals surface area contributed by atoms with E-state index < -0.39 is 11.9 Å². The van der Waals surface area contributed by atoms with Crippen LogP contribution in [0.4, 0.5) is 0 Å². The van der Waals surface area contributed by atoms with Gasteiger partial charge in [-0.3, -0.25) is 4.79 Å². The molecule has 0 aromatic carbocycles. The number of hydrogen-bond donors (Lipinski definition) is 1. The fraction of sp³-hybridized carbons (Fsp3) is 0.818. The van der Waals surface area contributed by atoms with Gasteiger partial charge >= 0.3 is 5.97 Å². The molecule has 0 radical (unpaired) electrons. The molecule has 1 rings (SSSR count). The molecule has 1 unspecified atom stereocenters. The molecule has 0 bridgehead atoms. The summed E-state index contributed by atoms with van der Waals surface area (Å²) in [5.41, 5.74) is -0.162. The second kappa shape index (κ2) is 4.58. The largest absolute Gasteiger partial charge is 0.481 e. The Bertz CT molecular complexity index is 217. The minimum atomic E-state index is -0.818. The number of carbonyl (C=O) groups excluding carboxylic acids is 1. The van der Waals surface area contributed by atoms with E-state index >= 15 is 0 Å². The summed E-state index contributed by atoms with van der Waals surface area (Å²) in [6.45, 7) is 2.01. The fourth-order valence-corrected chi connectivity index (χ4v) is 2.49. The summed E-state index contributed by atoms with van der Waals surface area (Å²) in [6.07, 6.45) is 6.17. The van der Waals surface area contributed by atoms with E-state index in [9.17, 15) is 9.59 Å². The lowest BCUT2D eigenvalue weighted by molar-refractivity contribution is -0.148. The van der Waals surface area contributed by atoms with E-state index in [1.807, 2.05) is 6.92 Å². The lowest BCUT2D eigenvalue weighted by Crippen LogP contribution is -2.35. The predicted octanol–water partition coefficient (Wildman–Crippen LogP) is 2.25. The van der Waals surface area contributed by atoms with Gasteiger partial charge in [0.15, 0.2) is 0 Å². The number of rotatable bonds is 4. The van der Waals surface area contributed by atoms with Crippen LogP contribution in [-0.4, -0.2) is 17.4 Å². The average Bonchev–Trinajstić information content (AvgIpc) is 2.14. The van der Waals surface area contributed by atoms with Gasteiger partial charge in [-0.25, -0.2) is 0 Å². The summed E-state index contributed by atoms with van der Waals surface area (Å²) in [6, 6.07) is 0. The number of aldehydes is 1. The summed E-state index contributed by atoms with van der Waals surface area (Å²) in [4.78, 5) is 21.5. The van der Waals surface area contributed by atoms with Crippen LogP contribution in [-0.2, 0) is 9.59 Å². The molecule has 1 aliphatic carbocycles. The van der Waals surface area contributed by atoms with Crippen molar-refractivity contribution in [1.82, 2.24) is 0 Å². The lowest BCUT2D eigenvalue weighted by atomic mass is 9.66. The quantitative estimate of drug-likeness (QED) is 0.705. The van der Waals surface area contributed by atoms with Crippen LogP contribution >= 0.6 is 0 Å². The summed E-state index contributed by atoms with van der Waals surface area (Å²) in [5, 5.41) is 9.06. The van der Waals surface area contributed by atoms with Gasteiger partial charge in [0.2, 0.25) is 0 Å². The highest BCUT2D eigenvalue weighted by Gasteiger charge is 2.39. The maximum Gasteiger partial charge on any atom is 0.307 e. The number of hydrogen-bond acceptors (Lipinski definition) is 2. The molecule has 80 valence electrons. The zero-order valence-electron chi connectivity index (χ0n) is 8.66. The van der Waals surface area contributed by atoms with E-state index in [-0.39, 0.29) is 11.8 Å². The predicted molar refractivity (Wildman–Crippen MR) is 53.0 cm³/mol. The highest BCUT2D eigenvalue weighted by molar-refractivity contribution is 5.74. The van der Waals surface area contributed by atoms with E-state index in [2.05, 4.69) is 0 Å². The van der Waals surface area contributed by atoms with Crippen LogP contribution in [0.2, 0.25) is 0 Å². The van der Waals surface area contributed by atoms with Gasteiger partial charge in [0.1, 0.15) is 6.29 Å². The average molecular weight is 198 g/mol. The Hall–Kier alpha value is -0.860. The Morgan fingerprint density at radius 3 is 2.43 bits per heavy atom. The van der Waals surface area contributed by atoms with E-state index in [4.69, 9.17) is 5.11 Å². The summed E-state index contributed by atoms with van der Waals surface area (Å²) >= 11 is 0. The molecule has 0 heterocycles. The first kappa shape index (κ1) is 11.2. The molecule has 0 aromatic heterocycles. The summed E-state index contributed by atoms with van der Waals surface area (Å²) < 4.78 is 0. The Balaban J connectivity index is 2.73. The third kappa shape index (κ3) is 2.34. The maximum absolute atomic E-state index is 11.0. The smallest absolute Gasteiger partial charge is 0.307 e. The molecule has 3 nitrogen and oxygen atoms in total. The van der Waals surface area contributed by atoms with Crippen molar-refractivity contribution in [2.45, 2.75) is 45.4 Å². The topological polar surface area (TPSA) is 54.4 Å². The summed E-state index contributed by atoms with van der Waals surface area (Å²) in [5.74, 6) is -1.30. The molecule has 1 N–H and O–H groups in total. The van der Waals surface area contributed by atoms with Crippen LogP contribution in [0.5, 0.6) is 0 Å². The Kier molecular flexibility index (Phi) is 3.67. The zero-order valence-corrected chi connectivity index (χ0v) is 8.66. The second-order valence-corrected chi connectivity index (χ2v) is 4.51. The van der Waals surface area contributed by atoms with Gasteiger partial charge < -0.3 is 9.90 Å². The van der Waals surface area contributed by atoms with Gasteiger partial charge in [-0.1, -0.05) is 26.2 Å². The third-order valence-electron chi connectivity index (χ3n) is 3.47. The van der Waals surface area contributed by atoms with Crippen LogP contribution in [0, 0.1) is 11.3 Å². The minimum Gasteiger partial charge on any atom is -0.481 e. The van der Waals surface area contributed by atoms with Crippen molar-refractivity contribution in [2.24, 2.45) is 11.3 Å². The molecule has 0 aromatic rings. The highest BCUT2D eigenvalue weighted by atomic mass is 16.4. The van der Waals surface area contributed by atoms with Crippen molar-refractivity contribution in [3.8, 4) is 0 Å². The van der Waals surface area contributed by atoms with E-state index in [1.54, 1.807) is 0 Å². The zero-order chi connectivity index (χ0) is 10.6. The Morgan fingerprint density at radius 2 is 2.00 bits per heavy atom. The van der Waals surface area contributed by atoms with Crippen molar-refractivity contribution in [1.29, 1.82) is 0 Å². The van der Waals surface area contributed by atoms with Crippen molar-refractivity contribution >= 4 is 12.3 Å². The minimum absolute atomic E-state index is 0.159. The fourth-order valence-electron chi connectivity index (χ4n) is 2.49. The molecular formula is C11H18O3. The van der Waals surface area contributed by atoms with Gasteiger partial charge in [0.05, 0.1) is 5.92 Å². The number of carboxylic acid groups (broad SMARTS) is 1. The van der Waals surface area contributed by atoms with Gasteiger partial charge in [0, 0.05) is 6.42 Å². The molecule has 0 spiro atoms. The van der Waals surface area contributed by atoms with Crippen LogP contribution < -0.4 is 0 Å². The summed E-state index contributed by atoms with van der Waals surface area (Å²) in [7, 11) is 0. The third-order valence-corrected chi connectivity index (χ3v) is 3.47. The van der Waals surface area contributed by atoms with Crippen LogP contribution in [0.15, 0.2) is 0 Å². The standard InChI is InChI=1S/C11H18O3/c1-11(6-3-2-4-7-11)9(5-8-12)10(13)14/h8-9H,2-7H2,1H3,(H,13,14). The van der Waals surface area contributed by atoms with Crippen LogP contribution in [0.3, 0.4) is 0 Å². The van der Waals surface area contributed by atoms with E-state index in [1.165, 1.54) is 6.42 Å². The SMILES string of the molecule is CC1(C(CC=O)C(=O)O)CCCCC1. The van der Waals surface area contributed by atoms with Crippen LogP contribution in [0.1, 0.15) is 45.4 Å². The highest BCUT2D eigenvalue weighted by Crippen LogP contribution is 2.43. The van der Waals surface area contributed by atoms with E-state index in [0.29, 0.717) is 0 Å². The van der Waals surface area contributed by atoms with E-state index in [0.717, 1.165) is 32.0 Å². The Morgan fingerprint density at radius 1 is 1.43 bits per heavy atom. The molecular weight excluding hydrogens is 180 g/mol. The number of carbonyl (C=O) groups is 2. The van der Waals surface area contributed by atoms with Crippen molar-refractivity contribution in [3.05, 3.63) is 0 Å². The second-order valence-electron chi connectivity index (χ2n) is 4.51. The molecule has 0 saturated heterocycles. The first-order valence-electron chi connectivity index (χ1n) is 5.26. The van der Waals surface area contributed by atoms with Crippen molar-refractivity contribution in [3.63, 3.8) is 0 Å². The van der Waals surface area contributed by atoms with Gasteiger partial charge in [-0.05, 0) is 18.3 Å². The molecule has 14 heavy (non-hydrogen) atoms. The molecule has 1 saturated carbocycles. The lowest BCUT2D eigenvalue weighted by Gasteiger charge is -2.37. The van der Waals surface area contributed by atoms with Crippen molar-refractivity contribution < 1.29 is 14.7 Å². The monoisotopic (exact) mass is 198 g/mol. The molecule has 3 heteroatoms. The number of aliphatic carboxylic acids is 1. The first-order chi connectivity index (χ1) is 6.60. The van der Waals surface area contributed by atoms with Gasteiger partial charge in [0.25, 0.3) is 0 Å². The normalized spacial score (nSPS) is 22.6. The maximum atomic E-state index is 11.0.